The highest BCUT2D eigenvalue weighted by atomic mass is 16.5. The van der Waals surface area contributed by atoms with E-state index < -0.39 is 0 Å². The number of nitrogens with zero attached hydrogens (tertiary/aromatic N) is 1. The first-order chi connectivity index (χ1) is 4.33. The molecule has 0 saturated heterocycles. The lowest BCUT2D eigenvalue weighted by atomic mass is 10.4. The van der Waals surface area contributed by atoms with E-state index in [9.17, 15) is 0 Å². The van der Waals surface area contributed by atoms with Crippen molar-refractivity contribution in [1.29, 1.82) is 0 Å². The van der Waals surface area contributed by atoms with Gasteiger partial charge < -0.3 is 9.30 Å². The molecule has 2 nitrogen and oxygen atoms in total. The van der Waals surface area contributed by atoms with Crippen LogP contribution in [-0.4, -0.2) is 11.7 Å². The number of hydrogen-bond donors (Lipinski definition) is 0. The van der Waals surface area contributed by atoms with Gasteiger partial charge in [0.05, 0.1) is 0 Å². The average molecular weight is 125 g/mol. The molecule has 0 N–H and O–H groups in total. The second-order valence-corrected chi connectivity index (χ2v) is 2.12. The standard InChI is InChI=1S/C7H11NO/c1-7-3-4-8(5-7)6-9-2/h3-5H,6H2,1-2H3. The molecule has 0 aliphatic carbocycles. The molecule has 0 aliphatic heterocycles. The predicted octanol–water partition coefficient (Wildman–Crippen LogP) is 1.40. The second-order valence-electron chi connectivity index (χ2n) is 2.12. The van der Waals surface area contributed by atoms with Gasteiger partial charge in [0.2, 0.25) is 0 Å². The lowest BCUT2D eigenvalue weighted by Gasteiger charge is -1.97. The third kappa shape index (κ3) is 1.57. The molecule has 0 radical (unpaired) electrons. The molecule has 50 valence electrons. The molecule has 0 spiro atoms. The van der Waals surface area contributed by atoms with Gasteiger partial charge in [-0.25, -0.2) is 0 Å². The molecule has 1 aromatic rings. The lowest BCUT2D eigenvalue weighted by Crippen LogP contribution is -1.94. The minimum Gasteiger partial charge on any atom is -0.364 e. The Morgan fingerprint density at radius 3 is 2.89 bits per heavy atom. The van der Waals surface area contributed by atoms with Crippen molar-refractivity contribution >= 4 is 0 Å². The van der Waals surface area contributed by atoms with Crippen molar-refractivity contribution in [3.63, 3.8) is 0 Å². The number of methoxy groups -OCH3 is 1. The van der Waals surface area contributed by atoms with E-state index in [1.54, 1.807) is 7.11 Å². The first-order valence-corrected chi connectivity index (χ1v) is 2.94. The van der Waals surface area contributed by atoms with Gasteiger partial charge in [-0.2, -0.15) is 0 Å². The van der Waals surface area contributed by atoms with Gasteiger partial charge in [-0.05, 0) is 18.6 Å². The number of rotatable bonds is 2. The molecule has 2 heteroatoms. The summed E-state index contributed by atoms with van der Waals surface area (Å²) in [7, 11) is 1.69. The summed E-state index contributed by atoms with van der Waals surface area (Å²) >= 11 is 0. The largest absolute Gasteiger partial charge is 0.364 e. The molecule has 1 aromatic heterocycles. The zero-order valence-electron chi connectivity index (χ0n) is 5.79. The Bertz CT molecular complexity index is 181. The fourth-order valence-electron chi connectivity index (χ4n) is 0.790. The molecule has 0 bridgehead atoms. The number of hydrogen-bond acceptors (Lipinski definition) is 1. The molecule has 1 heterocycles. The summed E-state index contributed by atoms with van der Waals surface area (Å²) in [5.41, 5.74) is 1.27. The van der Waals surface area contributed by atoms with Crippen LogP contribution in [-0.2, 0) is 11.5 Å². The maximum atomic E-state index is 4.90. The molecule has 0 saturated carbocycles. The molecule has 0 amide bonds. The van der Waals surface area contributed by atoms with E-state index in [0.717, 1.165) is 0 Å². The Kier molecular flexibility index (Phi) is 1.90. The average Bonchev–Trinajstić information content (AvgIpc) is 2.17. The van der Waals surface area contributed by atoms with Crippen LogP contribution in [0.15, 0.2) is 18.5 Å². The lowest BCUT2D eigenvalue weighted by molar-refractivity contribution is 0.131. The van der Waals surface area contributed by atoms with Crippen LogP contribution in [0.2, 0.25) is 0 Å². The van der Waals surface area contributed by atoms with Crippen LogP contribution in [0.3, 0.4) is 0 Å². The van der Waals surface area contributed by atoms with E-state index in [2.05, 4.69) is 13.0 Å². The van der Waals surface area contributed by atoms with Gasteiger partial charge in [0, 0.05) is 19.5 Å². The summed E-state index contributed by atoms with van der Waals surface area (Å²) in [6.45, 7) is 2.71. The molecule has 0 unspecified atom stereocenters. The van der Waals surface area contributed by atoms with Crippen molar-refractivity contribution in [1.82, 2.24) is 4.57 Å². The van der Waals surface area contributed by atoms with Gasteiger partial charge in [-0.1, -0.05) is 0 Å². The van der Waals surface area contributed by atoms with Crippen molar-refractivity contribution in [2.24, 2.45) is 0 Å². The van der Waals surface area contributed by atoms with E-state index in [4.69, 9.17) is 4.74 Å². The first kappa shape index (κ1) is 6.36. The molecule has 9 heavy (non-hydrogen) atoms. The SMILES string of the molecule is COCn1ccc(C)c1. The highest BCUT2D eigenvalue weighted by Crippen LogP contribution is 1.97. The molecule has 0 aliphatic rings. The summed E-state index contributed by atoms with van der Waals surface area (Å²) in [4.78, 5) is 0. The summed E-state index contributed by atoms with van der Waals surface area (Å²) in [5, 5.41) is 0. The quantitative estimate of drug-likeness (QED) is 0.582. The van der Waals surface area contributed by atoms with E-state index in [0.29, 0.717) is 6.73 Å². The Balaban J connectivity index is 2.61. The molecule has 1 rings (SSSR count). The maximum Gasteiger partial charge on any atom is 0.121 e. The van der Waals surface area contributed by atoms with Crippen molar-refractivity contribution in [3.05, 3.63) is 24.0 Å². The van der Waals surface area contributed by atoms with Crippen LogP contribution in [0.25, 0.3) is 0 Å². The minimum atomic E-state index is 0.647. The van der Waals surface area contributed by atoms with Gasteiger partial charge in [-0.3, -0.25) is 0 Å². The summed E-state index contributed by atoms with van der Waals surface area (Å²) < 4.78 is 6.90. The second kappa shape index (κ2) is 2.69. The minimum absolute atomic E-state index is 0.647. The maximum absolute atomic E-state index is 4.90. The van der Waals surface area contributed by atoms with Gasteiger partial charge in [0.1, 0.15) is 6.73 Å². The zero-order valence-corrected chi connectivity index (χ0v) is 5.79. The molecular weight excluding hydrogens is 114 g/mol. The summed E-state index contributed by atoms with van der Waals surface area (Å²) in [6, 6.07) is 2.05. The number of aromatic nitrogens is 1. The Morgan fingerprint density at radius 1 is 1.67 bits per heavy atom. The third-order valence-corrected chi connectivity index (χ3v) is 1.18. The van der Waals surface area contributed by atoms with Crippen LogP contribution >= 0.6 is 0 Å². The van der Waals surface area contributed by atoms with Crippen molar-refractivity contribution in [2.45, 2.75) is 13.7 Å². The highest BCUT2D eigenvalue weighted by molar-refractivity contribution is 5.06. The third-order valence-electron chi connectivity index (χ3n) is 1.18. The van der Waals surface area contributed by atoms with E-state index in [1.807, 2.05) is 17.0 Å². The van der Waals surface area contributed by atoms with Crippen molar-refractivity contribution in [2.75, 3.05) is 7.11 Å². The summed E-state index contributed by atoms with van der Waals surface area (Å²) in [6.07, 6.45) is 4.04. The van der Waals surface area contributed by atoms with Crippen LogP contribution in [0.4, 0.5) is 0 Å². The Labute approximate surface area is 55.1 Å². The van der Waals surface area contributed by atoms with Crippen LogP contribution < -0.4 is 0 Å². The predicted molar refractivity (Wildman–Crippen MR) is 36.2 cm³/mol. The molecule has 0 aromatic carbocycles. The van der Waals surface area contributed by atoms with E-state index >= 15 is 0 Å². The topological polar surface area (TPSA) is 14.2 Å². The fourth-order valence-corrected chi connectivity index (χ4v) is 0.790. The van der Waals surface area contributed by atoms with Crippen LogP contribution in [0.5, 0.6) is 0 Å². The fraction of sp³-hybridized carbons (Fsp3) is 0.429. The monoisotopic (exact) mass is 125 g/mol. The molecular formula is C7H11NO. The molecule has 0 atom stereocenters. The summed E-state index contributed by atoms with van der Waals surface area (Å²) in [5.74, 6) is 0. The van der Waals surface area contributed by atoms with Gasteiger partial charge >= 0.3 is 0 Å². The Hall–Kier alpha value is -0.760. The highest BCUT2D eigenvalue weighted by Gasteiger charge is 1.87. The van der Waals surface area contributed by atoms with Gasteiger partial charge in [0.15, 0.2) is 0 Å². The first-order valence-electron chi connectivity index (χ1n) is 2.94. The zero-order chi connectivity index (χ0) is 6.69. The Morgan fingerprint density at radius 2 is 2.44 bits per heavy atom. The van der Waals surface area contributed by atoms with Gasteiger partial charge in [-0.15, -0.1) is 0 Å². The van der Waals surface area contributed by atoms with Crippen molar-refractivity contribution in [3.8, 4) is 0 Å². The van der Waals surface area contributed by atoms with Crippen molar-refractivity contribution < 1.29 is 4.74 Å². The smallest absolute Gasteiger partial charge is 0.121 e. The van der Waals surface area contributed by atoms with E-state index in [-0.39, 0.29) is 0 Å². The van der Waals surface area contributed by atoms with Crippen LogP contribution in [0, 0.1) is 6.92 Å². The van der Waals surface area contributed by atoms with Crippen LogP contribution in [0.1, 0.15) is 5.56 Å². The van der Waals surface area contributed by atoms with Gasteiger partial charge in [0.25, 0.3) is 0 Å². The molecule has 0 fully saturated rings. The normalized spacial score (nSPS) is 10.0. The van der Waals surface area contributed by atoms with E-state index in [1.165, 1.54) is 5.56 Å². The number of ether oxygens (including phenoxy) is 1. The number of aryl methyl sites for hydroxylation is 1.